The standard InChI is InChI=1S/C20H20BrN3O4S/c1-12-8-14(2-3-15(12)23-6-7-28-11-19(23)26)24-10-13(9-18(24)25)22-20(27)16-4-5-17(21)29-16/h2-5,8,13H,6-7,9-11H2,1H3,(H,22,27). The van der Waals surface area contributed by atoms with E-state index in [2.05, 4.69) is 21.2 Å². The first-order chi connectivity index (χ1) is 13.9. The number of thiophene rings is 1. The maximum absolute atomic E-state index is 12.5. The van der Waals surface area contributed by atoms with Crippen molar-refractivity contribution in [1.29, 1.82) is 0 Å². The molecule has 1 aromatic heterocycles. The second-order valence-electron chi connectivity index (χ2n) is 7.05. The molecule has 2 aromatic rings. The zero-order valence-electron chi connectivity index (χ0n) is 15.8. The predicted octanol–water partition coefficient (Wildman–Crippen LogP) is 2.72. The van der Waals surface area contributed by atoms with E-state index in [1.165, 1.54) is 11.3 Å². The summed E-state index contributed by atoms with van der Waals surface area (Å²) in [5.41, 5.74) is 2.52. The molecule has 1 aromatic carbocycles. The Hall–Kier alpha value is -2.23. The molecule has 7 nitrogen and oxygen atoms in total. The van der Waals surface area contributed by atoms with Gasteiger partial charge in [-0.15, -0.1) is 11.3 Å². The van der Waals surface area contributed by atoms with Gasteiger partial charge in [-0.25, -0.2) is 0 Å². The first-order valence-corrected chi connectivity index (χ1v) is 10.9. The summed E-state index contributed by atoms with van der Waals surface area (Å²) in [7, 11) is 0. The first kappa shape index (κ1) is 20.1. The summed E-state index contributed by atoms with van der Waals surface area (Å²) in [5.74, 6) is -0.262. The number of rotatable bonds is 4. The molecule has 2 fully saturated rings. The Bertz CT molecular complexity index is 976. The molecule has 1 unspecified atom stereocenters. The molecule has 3 amide bonds. The van der Waals surface area contributed by atoms with Gasteiger partial charge in [0.1, 0.15) is 6.61 Å². The summed E-state index contributed by atoms with van der Waals surface area (Å²) in [5, 5.41) is 2.94. The minimum Gasteiger partial charge on any atom is -0.370 e. The highest BCUT2D eigenvalue weighted by Crippen LogP contribution is 2.29. The lowest BCUT2D eigenvalue weighted by molar-refractivity contribution is -0.125. The number of benzene rings is 1. The normalized spacial score (nSPS) is 19.7. The largest absolute Gasteiger partial charge is 0.370 e. The van der Waals surface area contributed by atoms with Crippen molar-refractivity contribution in [3.63, 3.8) is 0 Å². The Morgan fingerprint density at radius 2 is 2.03 bits per heavy atom. The number of amides is 3. The molecule has 2 aliphatic heterocycles. The molecule has 1 N–H and O–H groups in total. The fraction of sp³-hybridized carbons (Fsp3) is 0.350. The summed E-state index contributed by atoms with van der Waals surface area (Å²) < 4.78 is 6.08. The molecule has 2 saturated heterocycles. The minimum absolute atomic E-state index is 0.0303. The molecule has 9 heteroatoms. The summed E-state index contributed by atoms with van der Waals surface area (Å²) in [4.78, 5) is 41.0. The van der Waals surface area contributed by atoms with Gasteiger partial charge in [0.05, 0.1) is 21.3 Å². The van der Waals surface area contributed by atoms with Crippen LogP contribution in [0.3, 0.4) is 0 Å². The molecule has 0 bridgehead atoms. The van der Waals surface area contributed by atoms with E-state index >= 15 is 0 Å². The van der Waals surface area contributed by atoms with Gasteiger partial charge in [0.15, 0.2) is 0 Å². The highest BCUT2D eigenvalue weighted by Gasteiger charge is 2.32. The van der Waals surface area contributed by atoms with Crippen molar-refractivity contribution in [3.8, 4) is 0 Å². The molecule has 0 spiro atoms. The van der Waals surface area contributed by atoms with Gasteiger partial charge < -0.3 is 19.9 Å². The van der Waals surface area contributed by atoms with E-state index in [0.29, 0.717) is 24.6 Å². The molecular weight excluding hydrogens is 458 g/mol. The van der Waals surface area contributed by atoms with Gasteiger partial charge in [0.2, 0.25) is 5.91 Å². The third kappa shape index (κ3) is 4.22. The van der Waals surface area contributed by atoms with Gasteiger partial charge >= 0.3 is 0 Å². The van der Waals surface area contributed by atoms with E-state index < -0.39 is 0 Å². The number of nitrogens with one attached hydrogen (secondary N) is 1. The van der Waals surface area contributed by atoms with Crippen LogP contribution in [0.2, 0.25) is 0 Å². The summed E-state index contributed by atoms with van der Waals surface area (Å²) in [6.07, 6.45) is 0.265. The van der Waals surface area contributed by atoms with Gasteiger partial charge in [-0.3, -0.25) is 14.4 Å². The van der Waals surface area contributed by atoms with Crippen LogP contribution >= 0.6 is 27.3 Å². The van der Waals surface area contributed by atoms with E-state index in [-0.39, 0.29) is 36.8 Å². The number of nitrogens with zero attached hydrogens (tertiary/aromatic N) is 2. The number of halogens is 1. The smallest absolute Gasteiger partial charge is 0.261 e. The zero-order valence-corrected chi connectivity index (χ0v) is 18.2. The number of hydrogen-bond donors (Lipinski definition) is 1. The maximum Gasteiger partial charge on any atom is 0.261 e. The van der Waals surface area contributed by atoms with Gasteiger partial charge in [-0.05, 0) is 58.7 Å². The SMILES string of the molecule is Cc1cc(N2CC(NC(=O)c3ccc(Br)s3)CC2=O)ccc1N1CCOCC1=O. The van der Waals surface area contributed by atoms with Gasteiger partial charge in [0, 0.05) is 30.9 Å². The van der Waals surface area contributed by atoms with E-state index in [1.807, 2.05) is 31.2 Å². The third-order valence-electron chi connectivity index (χ3n) is 5.03. The number of carbonyl (C=O) groups excluding carboxylic acids is 3. The van der Waals surface area contributed by atoms with Crippen LogP contribution in [-0.2, 0) is 14.3 Å². The molecule has 4 rings (SSSR count). The molecule has 3 heterocycles. The van der Waals surface area contributed by atoms with Crippen LogP contribution in [0.15, 0.2) is 34.1 Å². The second-order valence-corrected chi connectivity index (χ2v) is 9.51. The van der Waals surface area contributed by atoms with Crippen molar-refractivity contribution < 1.29 is 19.1 Å². The van der Waals surface area contributed by atoms with Crippen molar-refractivity contribution in [1.82, 2.24) is 5.32 Å². The number of morpholine rings is 1. The molecule has 29 heavy (non-hydrogen) atoms. The Kier molecular flexibility index (Phi) is 5.71. The number of anilines is 2. The molecule has 0 saturated carbocycles. The van der Waals surface area contributed by atoms with Crippen molar-refractivity contribution in [2.75, 3.05) is 36.1 Å². The van der Waals surface area contributed by atoms with Crippen LogP contribution in [0, 0.1) is 6.92 Å². The molecule has 2 aliphatic rings. The third-order valence-corrected chi connectivity index (χ3v) is 6.65. The van der Waals surface area contributed by atoms with Crippen molar-refractivity contribution in [2.45, 2.75) is 19.4 Å². The Morgan fingerprint density at radius 1 is 1.21 bits per heavy atom. The van der Waals surface area contributed by atoms with Crippen LogP contribution < -0.4 is 15.1 Å². The number of hydrogen-bond acceptors (Lipinski definition) is 5. The molecule has 152 valence electrons. The monoisotopic (exact) mass is 477 g/mol. The Balaban J connectivity index is 1.46. The second kappa shape index (κ2) is 8.25. The summed E-state index contributed by atoms with van der Waals surface area (Å²) in [6, 6.07) is 8.98. The summed E-state index contributed by atoms with van der Waals surface area (Å²) in [6.45, 7) is 3.48. The van der Waals surface area contributed by atoms with E-state index in [9.17, 15) is 14.4 Å². The highest BCUT2D eigenvalue weighted by molar-refractivity contribution is 9.11. The van der Waals surface area contributed by atoms with E-state index in [1.54, 1.807) is 15.9 Å². The van der Waals surface area contributed by atoms with Crippen molar-refractivity contribution in [3.05, 3.63) is 44.6 Å². The molecule has 1 atom stereocenters. The van der Waals surface area contributed by atoms with Gasteiger partial charge in [-0.1, -0.05) is 0 Å². The van der Waals surface area contributed by atoms with Crippen LogP contribution in [0.4, 0.5) is 11.4 Å². The van der Waals surface area contributed by atoms with Gasteiger partial charge in [-0.2, -0.15) is 0 Å². The lowest BCUT2D eigenvalue weighted by Gasteiger charge is -2.29. The fourth-order valence-corrected chi connectivity index (χ4v) is 4.92. The van der Waals surface area contributed by atoms with Crippen LogP contribution in [0.1, 0.15) is 21.7 Å². The Labute approximate surface area is 180 Å². The lowest BCUT2D eigenvalue weighted by Crippen LogP contribution is -2.42. The fourth-order valence-electron chi connectivity index (χ4n) is 3.63. The first-order valence-electron chi connectivity index (χ1n) is 9.27. The van der Waals surface area contributed by atoms with Gasteiger partial charge in [0.25, 0.3) is 11.8 Å². The van der Waals surface area contributed by atoms with Crippen LogP contribution in [-0.4, -0.2) is 50.1 Å². The summed E-state index contributed by atoms with van der Waals surface area (Å²) >= 11 is 4.71. The number of carbonyl (C=O) groups is 3. The average Bonchev–Trinajstić information content (AvgIpc) is 3.28. The molecular formula is C20H20BrN3O4S. The molecule has 0 aliphatic carbocycles. The zero-order chi connectivity index (χ0) is 20.5. The topological polar surface area (TPSA) is 79.0 Å². The quantitative estimate of drug-likeness (QED) is 0.733. The van der Waals surface area contributed by atoms with E-state index in [0.717, 1.165) is 20.7 Å². The predicted molar refractivity (Wildman–Crippen MR) is 115 cm³/mol. The number of aryl methyl sites for hydroxylation is 1. The Morgan fingerprint density at radius 3 is 2.72 bits per heavy atom. The molecule has 0 radical (unpaired) electrons. The maximum atomic E-state index is 12.5. The minimum atomic E-state index is -0.239. The van der Waals surface area contributed by atoms with Crippen molar-refractivity contribution >= 4 is 56.4 Å². The van der Waals surface area contributed by atoms with Crippen LogP contribution in [0.25, 0.3) is 0 Å². The highest BCUT2D eigenvalue weighted by atomic mass is 79.9. The average molecular weight is 478 g/mol. The lowest BCUT2D eigenvalue weighted by atomic mass is 10.1. The van der Waals surface area contributed by atoms with Crippen LogP contribution in [0.5, 0.6) is 0 Å². The van der Waals surface area contributed by atoms with Crippen molar-refractivity contribution in [2.24, 2.45) is 0 Å². The number of ether oxygens (including phenoxy) is 1. The van der Waals surface area contributed by atoms with E-state index in [4.69, 9.17) is 4.74 Å².